The Hall–Kier alpha value is -2.03. The fraction of sp³-hybridized carbons (Fsp3) is 0.750. The first kappa shape index (κ1) is 48.0. The highest BCUT2D eigenvalue weighted by Crippen LogP contribution is 2.43. The third-order valence-electron chi connectivity index (χ3n) is 7.94. The minimum atomic E-state index is -4.38. The lowest BCUT2D eigenvalue weighted by atomic mass is 10.1. The Kier molecular flexibility index (Phi) is 35.3. The molecule has 9 nitrogen and oxygen atoms in total. The van der Waals surface area contributed by atoms with Crippen molar-refractivity contribution in [2.75, 3.05) is 26.4 Å². The number of carbonyl (C=O) groups is 2. The van der Waals surface area contributed by atoms with Crippen LogP contribution in [0.3, 0.4) is 0 Å². The number of esters is 2. The molecule has 0 saturated carbocycles. The average molecular weight is 726 g/mol. The predicted molar refractivity (Wildman–Crippen MR) is 206 cm³/mol. The van der Waals surface area contributed by atoms with Crippen molar-refractivity contribution in [3.05, 3.63) is 48.6 Å². The van der Waals surface area contributed by atoms with E-state index in [1.807, 2.05) is 0 Å². The smallest absolute Gasteiger partial charge is 0.462 e. The summed E-state index contributed by atoms with van der Waals surface area (Å²) >= 11 is 0. The largest absolute Gasteiger partial charge is 0.472 e. The van der Waals surface area contributed by atoms with Crippen molar-refractivity contribution < 1.29 is 37.6 Å². The zero-order valence-corrected chi connectivity index (χ0v) is 32.5. The summed E-state index contributed by atoms with van der Waals surface area (Å²) in [6.45, 7) is 3.61. The Bertz CT molecular complexity index is 965. The second-order valence-corrected chi connectivity index (χ2v) is 14.2. The first-order chi connectivity index (χ1) is 24.3. The molecule has 0 bridgehead atoms. The summed E-state index contributed by atoms with van der Waals surface area (Å²) in [5.41, 5.74) is 5.33. The standard InChI is InChI=1S/C40H72NO8P/c1-3-5-7-9-11-13-15-17-19-21-23-25-27-29-31-33-40(43)49-38(37-48-50(44,45)47-35-34-41)36-46-39(42)32-30-28-26-24-22-20-18-16-14-12-10-8-6-4-2/h10,12,16-19,23,25,38H,3-9,11,13-15,20-22,24,26-37,41H2,1-2H3,(H,44,45)/b12-10+,18-16+,19-17+,25-23+/t38-/m1/s1. The third kappa shape index (κ3) is 35.8. The molecule has 2 atom stereocenters. The Morgan fingerprint density at radius 3 is 1.62 bits per heavy atom. The molecule has 0 aromatic carbocycles. The molecule has 0 heterocycles. The van der Waals surface area contributed by atoms with Gasteiger partial charge in [0.1, 0.15) is 6.61 Å². The first-order valence-electron chi connectivity index (χ1n) is 19.6. The molecule has 1 unspecified atom stereocenters. The van der Waals surface area contributed by atoms with Crippen LogP contribution in [0.25, 0.3) is 0 Å². The van der Waals surface area contributed by atoms with Crippen LogP contribution in [0.2, 0.25) is 0 Å². The van der Waals surface area contributed by atoms with Crippen molar-refractivity contribution in [1.29, 1.82) is 0 Å². The van der Waals surface area contributed by atoms with Crippen LogP contribution in [0.4, 0.5) is 0 Å². The molecule has 0 aliphatic carbocycles. The number of ether oxygens (including phenoxy) is 2. The molecule has 290 valence electrons. The number of rotatable bonds is 36. The maximum atomic E-state index is 12.5. The monoisotopic (exact) mass is 725 g/mol. The molecule has 0 amide bonds. The molecule has 0 saturated heterocycles. The summed E-state index contributed by atoms with van der Waals surface area (Å²) in [4.78, 5) is 34.7. The molecule has 0 aliphatic heterocycles. The Morgan fingerprint density at radius 1 is 0.600 bits per heavy atom. The second kappa shape index (κ2) is 36.8. The van der Waals surface area contributed by atoms with Gasteiger partial charge in [-0.15, -0.1) is 0 Å². The number of phosphoric acid groups is 1. The van der Waals surface area contributed by atoms with Gasteiger partial charge in [-0.1, -0.05) is 127 Å². The van der Waals surface area contributed by atoms with Gasteiger partial charge in [0, 0.05) is 19.4 Å². The fourth-order valence-corrected chi connectivity index (χ4v) is 5.74. The molecule has 0 rings (SSSR count). The summed E-state index contributed by atoms with van der Waals surface area (Å²) in [6.07, 6.45) is 40.0. The number of carbonyl (C=O) groups excluding carboxylic acids is 2. The summed E-state index contributed by atoms with van der Waals surface area (Å²) in [5.74, 6) is -0.887. The summed E-state index contributed by atoms with van der Waals surface area (Å²) in [6, 6.07) is 0. The highest BCUT2D eigenvalue weighted by Gasteiger charge is 2.25. The van der Waals surface area contributed by atoms with E-state index in [-0.39, 0.29) is 32.6 Å². The van der Waals surface area contributed by atoms with Crippen molar-refractivity contribution in [2.24, 2.45) is 5.73 Å². The van der Waals surface area contributed by atoms with Gasteiger partial charge >= 0.3 is 19.8 Å². The topological polar surface area (TPSA) is 134 Å². The van der Waals surface area contributed by atoms with Crippen molar-refractivity contribution in [3.63, 3.8) is 0 Å². The number of allylic oxidation sites excluding steroid dienone is 8. The Morgan fingerprint density at radius 2 is 1.06 bits per heavy atom. The highest BCUT2D eigenvalue weighted by molar-refractivity contribution is 7.47. The predicted octanol–water partition coefficient (Wildman–Crippen LogP) is 10.8. The second-order valence-electron chi connectivity index (χ2n) is 12.8. The average Bonchev–Trinajstić information content (AvgIpc) is 3.10. The van der Waals surface area contributed by atoms with Crippen LogP contribution in [-0.4, -0.2) is 49.3 Å². The molecule has 50 heavy (non-hydrogen) atoms. The number of phosphoric ester groups is 1. The van der Waals surface area contributed by atoms with E-state index in [2.05, 4.69) is 62.5 Å². The fourth-order valence-electron chi connectivity index (χ4n) is 4.97. The van der Waals surface area contributed by atoms with Crippen LogP contribution >= 0.6 is 7.82 Å². The number of hydrogen-bond acceptors (Lipinski definition) is 8. The van der Waals surface area contributed by atoms with E-state index >= 15 is 0 Å². The van der Waals surface area contributed by atoms with Crippen LogP contribution in [0.5, 0.6) is 0 Å². The van der Waals surface area contributed by atoms with Crippen LogP contribution in [0, 0.1) is 0 Å². The van der Waals surface area contributed by atoms with Gasteiger partial charge in [-0.05, 0) is 70.6 Å². The van der Waals surface area contributed by atoms with Gasteiger partial charge in [-0.25, -0.2) is 4.57 Å². The van der Waals surface area contributed by atoms with E-state index in [1.165, 1.54) is 51.4 Å². The van der Waals surface area contributed by atoms with E-state index in [1.54, 1.807) is 0 Å². The van der Waals surface area contributed by atoms with Crippen LogP contribution in [0.1, 0.15) is 162 Å². The zero-order chi connectivity index (χ0) is 36.8. The normalized spacial score (nSPS) is 13.9. The summed E-state index contributed by atoms with van der Waals surface area (Å²) in [7, 11) is -4.38. The van der Waals surface area contributed by atoms with Gasteiger partial charge < -0.3 is 20.1 Å². The minimum Gasteiger partial charge on any atom is -0.462 e. The van der Waals surface area contributed by atoms with E-state index in [0.717, 1.165) is 70.6 Å². The molecule has 0 radical (unpaired) electrons. The van der Waals surface area contributed by atoms with E-state index in [4.69, 9.17) is 24.3 Å². The van der Waals surface area contributed by atoms with E-state index < -0.39 is 32.5 Å². The van der Waals surface area contributed by atoms with Crippen molar-refractivity contribution >= 4 is 19.8 Å². The van der Waals surface area contributed by atoms with E-state index in [0.29, 0.717) is 12.8 Å². The third-order valence-corrected chi connectivity index (χ3v) is 8.92. The Labute approximate surface area is 305 Å². The molecule has 0 aromatic heterocycles. The zero-order valence-electron chi connectivity index (χ0n) is 31.6. The molecule has 0 aromatic rings. The number of hydrogen-bond donors (Lipinski definition) is 2. The minimum absolute atomic E-state index is 0.0448. The molecular weight excluding hydrogens is 653 g/mol. The maximum absolute atomic E-state index is 12.5. The SMILES string of the molecule is CCCC/C=C/C/C=C/CCCCCCCC(=O)OC[C@H](COP(=O)(O)OCCN)OC(=O)CCCC/C=C/C/C=C/CCCCCCCC. The van der Waals surface area contributed by atoms with Gasteiger partial charge in [0.15, 0.2) is 6.10 Å². The van der Waals surface area contributed by atoms with Crippen molar-refractivity contribution in [1.82, 2.24) is 0 Å². The molecular formula is C40H72NO8P. The summed E-state index contributed by atoms with van der Waals surface area (Å²) < 4.78 is 32.6. The van der Waals surface area contributed by atoms with Crippen LogP contribution in [0.15, 0.2) is 48.6 Å². The molecule has 10 heteroatoms. The van der Waals surface area contributed by atoms with Gasteiger partial charge in [0.25, 0.3) is 0 Å². The van der Waals surface area contributed by atoms with Crippen LogP contribution < -0.4 is 5.73 Å². The lowest BCUT2D eigenvalue weighted by molar-refractivity contribution is -0.161. The summed E-state index contributed by atoms with van der Waals surface area (Å²) in [5, 5.41) is 0. The van der Waals surface area contributed by atoms with Gasteiger partial charge in [-0.2, -0.15) is 0 Å². The van der Waals surface area contributed by atoms with E-state index in [9.17, 15) is 19.0 Å². The molecule has 0 fully saturated rings. The molecule has 0 aliphatic rings. The van der Waals surface area contributed by atoms with Gasteiger partial charge in [0.2, 0.25) is 0 Å². The van der Waals surface area contributed by atoms with Crippen LogP contribution in [-0.2, 0) is 32.7 Å². The lowest BCUT2D eigenvalue weighted by Gasteiger charge is -2.19. The molecule has 0 spiro atoms. The van der Waals surface area contributed by atoms with Crippen molar-refractivity contribution in [3.8, 4) is 0 Å². The quantitative estimate of drug-likeness (QED) is 0.0280. The Balaban J connectivity index is 4.30. The van der Waals surface area contributed by atoms with Gasteiger partial charge in [-0.3, -0.25) is 18.6 Å². The lowest BCUT2D eigenvalue weighted by Crippen LogP contribution is -2.29. The highest BCUT2D eigenvalue weighted by atomic mass is 31.2. The first-order valence-corrected chi connectivity index (χ1v) is 21.1. The molecule has 3 N–H and O–H groups in total. The van der Waals surface area contributed by atoms with Crippen molar-refractivity contribution in [2.45, 2.75) is 168 Å². The number of nitrogens with two attached hydrogens (primary N) is 1. The number of unbranched alkanes of at least 4 members (excludes halogenated alkanes) is 15. The maximum Gasteiger partial charge on any atom is 0.472 e. The van der Waals surface area contributed by atoms with Gasteiger partial charge in [0.05, 0.1) is 13.2 Å².